The van der Waals surface area contributed by atoms with E-state index in [0.29, 0.717) is 41.0 Å². The molecule has 5 aromatic rings. The van der Waals surface area contributed by atoms with Crippen LogP contribution in [0.1, 0.15) is 36.8 Å². The number of imide groups is 2. The Bertz CT molecular complexity index is 2650. The highest BCUT2D eigenvalue weighted by Crippen LogP contribution is 2.65. The third kappa shape index (κ3) is 5.47. The van der Waals surface area contributed by atoms with Gasteiger partial charge in [0.1, 0.15) is 11.5 Å². The first-order valence-corrected chi connectivity index (χ1v) is 21.1. The van der Waals surface area contributed by atoms with Gasteiger partial charge < -0.3 is 19.5 Å². The lowest BCUT2D eigenvalue weighted by atomic mass is 9.51. The number of anilines is 3. The Morgan fingerprint density at radius 1 is 0.932 bits per heavy atom. The fraction of sp³-hybridized carbons (Fsp3) is 0.356. The van der Waals surface area contributed by atoms with Crippen molar-refractivity contribution in [2.75, 3.05) is 48.1 Å². The van der Waals surface area contributed by atoms with Crippen LogP contribution in [0.3, 0.4) is 0 Å². The molecule has 0 radical (unpaired) electrons. The van der Waals surface area contributed by atoms with Crippen molar-refractivity contribution < 1.29 is 33.8 Å². The summed E-state index contributed by atoms with van der Waals surface area (Å²) in [5.41, 5.74) is 2.92. The van der Waals surface area contributed by atoms with E-state index in [-0.39, 0.29) is 36.2 Å². The maximum atomic E-state index is 15.2. The van der Waals surface area contributed by atoms with E-state index < -0.39 is 46.8 Å². The van der Waals surface area contributed by atoms with Crippen LogP contribution in [0.4, 0.5) is 17.2 Å². The van der Waals surface area contributed by atoms with Gasteiger partial charge in [0.05, 0.1) is 54.1 Å². The molecular formula is C45H42ClN5O7S. The van der Waals surface area contributed by atoms with Crippen LogP contribution in [0.2, 0.25) is 5.02 Å². The van der Waals surface area contributed by atoms with Crippen molar-refractivity contribution in [3.05, 3.63) is 94.5 Å². The van der Waals surface area contributed by atoms with E-state index in [0.717, 1.165) is 44.9 Å². The van der Waals surface area contributed by atoms with Crippen LogP contribution in [0.5, 0.6) is 11.5 Å². The molecule has 6 atom stereocenters. The number of halogens is 1. The zero-order valence-corrected chi connectivity index (χ0v) is 34.5. The van der Waals surface area contributed by atoms with Gasteiger partial charge in [0, 0.05) is 53.1 Å². The molecule has 14 heteroatoms. The van der Waals surface area contributed by atoms with Gasteiger partial charge in [0.2, 0.25) is 23.6 Å². The third-order valence-electron chi connectivity index (χ3n) is 13.5. The van der Waals surface area contributed by atoms with E-state index in [9.17, 15) is 14.7 Å². The molecule has 3 saturated heterocycles. The minimum Gasteiger partial charge on any atom is -0.504 e. The summed E-state index contributed by atoms with van der Waals surface area (Å²) in [4.78, 5) is 64.9. The van der Waals surface area contributed by atoms with Crippen LogP contribution in [-0.2, 0) is 31.0 Å². The second-order valence-electron chi connectivity index (χ2n) is 16.4. The summed E-state index contributed by atoms with van der Waals surface area (Å²) in [6.45, 7) is 6.59. The number of fused-ring (bicyclic) bond motifs is 5. The van der Waals surface area contributed by atoms with Crippen LogP contribution in [0, 0.1) is 36.0 Å². The van der Waals surface area contributed by atoms with Gasteiger partial charge in [-0.3, -0.25) is 28.8 Å². The van der Waals surface area contributed by atoms with Crippen LogP contribution in [0.15, 0.2) is 78.4 Å². The molecule has 2 aliphatic carbocycles. The van der Waals surface area contributed by atoms with E-state index in [4.69, 9.17) is 26.2 Å². The summed E-state index contributed by atoms with van der Waals surface area (Å²) in [7, 11) is 3.17. The minimum atomic E-state index is -1.37. The number of aromatic hydroxyl groups is 1. The Hall–Kier alpha value is -5.50. The van der Waals surface area contributed by atoms with Gasteiger partial charge in [-0.1, -0.05) is 35.4 Å². The highest BCUT2D eigenvalue weighted by atomic mass is 35.5. The fourth-order valence-corrected chi connectivity index (χ4v) is 11.9. The van der Waals surface area contributed by atoms with E-state index in [2.05, 4.69) is 4.90 Å². The number of nitrogens with zero attached hydrogens (tertiary/aromatic N) is 5. The Morgan fingerprint density at radius 3 is 2.42 bits per heavy atom. The molecule has 59 heavy (non-hydrogen) atoms. The molecule has 4 fully saturated rings. The van der Waals surface area contributed by atoms with Gasteiger partial charge in [-0.15, -0.1) is 11.3 Å². The number of phenols is 1. The Balaban J connectivity index is 1.05. The summed E-state index contributed by atoms with van der Waals surface area (Å²) >= 11 is 7.90. The molecule has 0 bridgehead atoms. The van der Waals surface area contributed by atoms with E-state index in [1.54, 1.807) is 54.3 Å². The highest BCUT2D eigenvalue weighted by Gasteiger charge is 2.68. The lowest BCUT2D eigenvalue weighted by Gasteiger charge is -2.49. The molecule has 12 nitrogen and oxygen atoms in total. The number of hydrogen-bond donors (Lipinski definition) is 1. The number of carbonyl (C=O) groups excluding carboxylic acids is 4. The predicted molar refractivity (Wildman–Crippen MR) is 225 cm³/mol. The SMILES string of the molecule is COc1cccc(C2C3=CCC4C(=O)N(c5ccc(N6CCOCC6)cc5)C(=O)C4C3CC3C(=O)N(c4cc(-c5sc6ccc(Cl)cc6c5C)nn4C)C(=O)C32C)c1O. The van der Waals surface area contributed by atoms with E-state index in [1.807, 2.05) is 55.5 Å². The van der Waals surface area contributed by atoms with Gasteiger partial charge >= 0.3 is 0 Å². The minimum absolute atomic E-state index is 0.138. The van der Waals surface area contributed by atoms with Crippen molar-refractivity contribution in [2.45, 2.75) is 32.6 Å². The zero-order valence-electron chi connectivity index (χ0n) is 33.0. The quantitative estimate of drug-likeness (QED) is 0.139. The largest absolute Gasteiger partial charge is 0.504 e. The van der Waals surface area contributed by atoms with Crippen LogP contribution >= 0.6 is 22.9 Å². The van der Waals surface area contributed by atoms with Crippen molar-refractivity contribution in [1.82, 2.24) is 9.78 Å². The number of benzene rings is 3. The van der Waals surface area contributed by atoms with Gasteiger partial charge in [0.25, 0.3) is 0 Å². The highest BCUT2D eigenvalue weighted by molar-refractivity contribution is 7.22. The van der Waals surface area contributed by atoms with Gasteiger partial charge in [-0.05, 0) is 92.1 Å². The van der Waals surface area contributed by atoms with Crippen LogP contribution in [0.25, 0.3) is 20.7 Å². The number of thiophene rings is 1. The predicted octanol–water partition coefficient (Wildman–Crippen LogP) is 7.25. The van der Waals surface area contributed by atoms with Gasteiger partial charge in [0.15, 0.2) is 11.5 Å². The molecule has 3 aromatic carbocycles. The molecule has 1 N–H and O–H groups in total. The topological polar surface area (TPSA) is 135 Å². The Labute approximate surface area is 349 Å². The molecule has 5 heterocycles. The lowest BCUT2D eigenvalue weighted by molar-refractivity contribution is -0.131. The standard InChI is InChI=1S/C45H42ClN5O7S/c1-23-30-20-24(46)8-15-35(30)59-40(23)33-22-36(48(3)47-33)51-42(54)32-21-31-27(38(45(32,2)44(51)56)29-6-5-7-34(57-4)39(29)52)13-14-28-37(31)43(55)50(41(28)53)26-11-9-25(10-12-26)49-16-18-58-19-17-49/h5-13,15,20,22,28,31-32,37-38,52H,14,16-19,21H2,1-4H3. The average molecular weight is 832 g/mol. The summed E-state index contributed by atoms with van der Waals surface area (Å²) in [6, 6.07) is 20.2. The number of amides is 4. The lowest BCUT2D eigenvalue weighted by Crippen LogP contribution is -2.49. The van der Waals surface area contributed by atoms with E-state index in [1.165, 1.54) is 16.9 Å². The smallest absolute Gasteiger partial charge is 0.242 e. The number of para-hydroxylation sites is 1. The molecule has 302 valence electrons. The van der Waals surface area contributed by atoms with E-state index >= 15 is 9.59 Å². The first kappa shape index (κ1) is 37.7. The average Bonchev–Trinajstić information content (AvgIpc) is 3.91. The maximum absolute atomic E-state index is 15.2. The molecule has 5 aliphatic rings. The number of ether oxygens (including phenoxy) is 2. The van der Waals surface area contributed by atoms with Gasteiger partial charge in [-0.2, -0.15) is 5.10 Å². The van der Waals surface area contributed by atoms with Crippen LogP contribution < -0.4 is 19.4 Å². The molecule has 0 spiro atoms. The number of methoxy groups -OCH3 is 1. The summed E-state index contributed by atoms with van der Waals surface area (Å²) in [6.07, 6.45) is 2.43. The fourth-order valence-electron chi connectivity index (χ4n) is 10.6. The number of aromatic nitrogens is 2. The molecule has 6 unspecified atom stereocenters. The summed E-state index contributed by atoms with van der Waals surface area (Å²) < 4.78 is 13.6. The van der Waals surface area contributed by atoms with Crippen LogP contribution in [-0.4, -0.2) is 71.9 Å². The Morgan fingerprint density at radius 2 is 1.68 bits per heavy atom. The monoisotopic (exact) mass is 831 g/mol. The molecule has 1 saturated carbocycles. The number of carbonyl (C=O) groups is 4. The number of phenolic OH excluding ortho intramolecular Hbond substituents is 1. The molecule has 3 aliphatic heterocycles. The number of rotatable bonds is 6. The summed E-state index contributed by atoms with van der Waals surface area (Å²) in [5.74, 6) is -4.67. The van der Waals surface area contributed by atoms with Gasteiger partial charge in [-0.25, -0.2) is 4.90 Å². The van der Waals surface area contributed by atoms with Crippen molar-refractivity contribution in [1.29, 1.82) is 0 Å². The normalized spacial score (nSPS) is 26.7. The molecule has 4 amide bonds. The molecular weight excluding hydrogens is 790 g/mol. The first-order valence-electron chi connectivity index (χ1n) is 19.9. The summed E-state index contributed by atoms with van der Waals surface area (Å²) in [5, 5.41) is 18.2. The van der Waals surface area contributed by atoms with Crippen molar-refractivity contribution in [3.63, 3.8) is 0 Å². The zero-order chi connectivity index (χ0) is 41.1. The second kappa shape index (κ2) is 13.8. The first-order chi connectivity index (χ1) is 28.4. The maximum Gasteiger partial charge on any atom is 0.242 e. The van der Waals surface area contributed by atoms with Crippen molar-refractivity contribution in [2.24, 2.45) is 36.1 Å². The second-order valence-corrected chi connectivity index (χ2v) is 17.9. The third-order valence-corrected chi connectivity index (χ3v) is 15.1. The number of allylic oxidation sites excluding steroid dienone is 2. The number of morpholine rings is 1. The molecule has 2 aromatic heterocycles. The van der Waals surface area contributed by atoms with Crippen molar-refractivity contribution >= 4 is 73.8 Å². The molecule has 10 rings (SSSR count). The number of aryl methyl sites for hydroxylation is 2. The Kier molecular flexibility index (Phi) is 8.82. The number of hydrogen-bond acceptors (Lipinski definition) is 10. The van der Waals surface area contributed by atoms with Crippen molar-refractivity contribution in [3.8, 4) is 22.1 Å².